The third-order valence-corrected chi connectivity index (χ3v) is 3.63. The number of hydrogen-bond acceptors (Lipinski definition) is 7. The Hall–Kier alpha value is -2.27. The number of nitrogens with zero attached hydrogens (tertiary/aromatic N) is 4. The van der Waals surface area contributed by atoms with Gasteiger partial charge in [-0.25, -0.2) is 17.8 Å². The van der Waals surface area contributed by atoms with E-state index in [-0.39, 0.29) is 18.8 Å². The molecule has 2 rings (SSSR count). The van der Waals surface area contributed by atoms with Crippen LogP contribution < -0.4 is 4.72 Å². The van der Waals surface area contributed by atoms with Gasteiger partial charge in [-0.15, -0.1) is 5.10 Å². The molecule has 11 heteroatoms. The van der Waals surface area contributed by atoms with Gasteiger partial charge in [-0.3, -0.25) is 4.79 Å². The fourth-order valence-corrected chi connectivity index (χ4v) is 2.55. The van der Waals surface area contributed by atoms with Crippen molar-refractivity contribution in [2.24, 2.45) is 0 Å². The number of carbonyl (C=O) groups is 1. The van der Waals surface area contributed by atoms with Crippen molar-refractivity contribution >= 4 is 16.0 Å². The Balaban J connectivity index is 1.92. The maximum atomic E-state index is 11.8. The normalized spacial score (nSPS) is 11.7. The van der Waals surface area contributed by atoms with Crippen LogP contribution in [-0.2, 0) is 33.7 Å². The minimum Gasteiger partial charge on any atom is -0.480 e. The van der Waals surface area contributed by atoms with Gasteiger partial charge in [0, 0.05) is 6.07 Å². The average Bonchev–Trinajstić information content (AvgIpc) is 2.95. The summed E-state index contributed by atoms with van der Waals surface area (Å²) in [4.78, 5) is 10.5. The molecule has 21 heavy (non-hydrogen) atoms. The van der Waals surface area contributed by atoms with Crippen molar-refractivity contribution in [3.8, 4) is 0 Å². The summed E-state index contributed by atoms with van der Waals surface area (Å²) in [5.41, 5.74) is 0.616. The molecule has 2 heterocycles. The van der Waals surface area contributed by atoms with Crippen molar-refractivity contribution < 1.29 is 22.8 Å². The minimum absolute atomic E-state index is 0.0845. The van der Waals surface area contributed by atoms with E-state index in [9.17, 15) is 13.2 Å². The smallest absolute Gasteiger partial charge is 0.325 e. The molecule has 0 saturated heterocycles. The van der Waals surface area contributed by atoms with Gasteiger partial charge in [0.2, 0.25) is 10.0 Å². The summed E-state index contributed by atoms with van der Waals surface area (Å²) in [5, 5.41) is 19.4. The number of carboxylic acid groups (broad SMARTS) is 1. The van der Waals surface area contributed by atoms with Gasteiger partial charge in [0.05, 0.1) is 18.4 Å². The van der Waals surface area contributed by atoms with E-state index in [0.717, 1.165) is 4.68 Å². The summed E-state index contributed by atoms with van der Waals surface area (Å²) in [6.07, 6.45) is 1.36. The van der Waals surface area contributed by atoms with E-state index in [1.165, 1.54) is 12.3 Å². The monoisotopic (exact) mass is 315 g/mol. The molecule has 0 aliphatic carbocycles. The molecule has 0 bridgehead atoms. The SMILES string of the molecule is Cc1cc(CS(=O)(=O)NCc2cn(CC(=O)O)nn2)no1. The van der Waals surface area contributed by atoms with Crippen molar-refractivity contribution in [2.45, 2.75) is 25.8 Å². The number of hydrogen-bond donors (Lipinski definition) is 2. The van der Waals surface area contributed by atoms with E-state index in [0.29, 0.717) is 17.1 Å². The van der Waals surface area contributed by atoms with E-state index >= 15 is 0 Å². The fraction of sp³-hybridized carbons (Fsp3) is 0.400. The molecule has 0 unspecified atom stereocenters. The first-order valence-electron chi connectivity index (χ1n) is 5.84. The summed E-state index contributed by atoms with van der Waals surface area (Å²) in [6.45, 7) is 1.24. The van der Waals surface area contributed by atoms with Crippen LogP contribution >= 0.6 is 0 Å². The lowest BCUT2D eigenvalue weighted by Gasteiger charge is -2.02. The molecule has 0 aromatic carbocycles. The fourth-order valence-electron chi connectivity index (χ4n) is 1.55. The molecule has 0 spiro atoms. The summed E-state index contributed by atoms with van der Waals surface area (Å²) in [6, 6.07) is 1.53. The molecule has 0 amide bonds. The second kappa shape index (κ2) is 6.01. The lowest BCUT2D eigenvalue weighted by molar-refractivity contribution is -0.137. The molecule has 10 nitrogen and oxygen atoms in total. The number of rotatable bonds is 7. The zero-order valence-electron chi connectivity index (χ0n) is 11.1. The van der Waals surface area contributed by atoms with Gasteiger partial charge in [-0.1, -0.05) is 10.4 Å². The topological polar surface area (TPSA) is 140 Å². The number of aliphatic carboxylic acids is 1. The number of sulfonamides is 1. The van der Waals surface area contributed by atoms with E-state index in [1.54, 1.807) is 6.92 Å². The minimum atomic E-state index is -3.60. The number of carboxylic acids is 1. The third kappa shape index (κ3) is 4.65. The highest BCUT2D eigenvalue weighted by Crippen LogP contribution is 2.06. The van der Waals surface area contributed by atoms with Crippen LogP contribution in [-0.4, -0.2) is 39.6 Å². The van der Waals surface area contributed by atoms with Gasteiger partial charge in [0.25, 0.3) is 0 Å². The first-order chi connectivity index (χ1) is 9.84. The second-order valence-corrected chi connectivity index (χ2v) is 6.12. The Morgan fingerprint density at radius 1 is 1.48 bits per heavy atom. The summed E-state index contributed by atoms with van der Waals surface area (Å²) < 4.78 is 31.9. The van der Waals surface area contributed by atoms with Crippen LogP contribution in [0.2, 0.25) is 0 Å². The Morgan fingerprint density at radius 2 is 2.24 bits per heavy atom. The first kappa shape index (κ1) is 15.1. The molecule has 114 valence electrons. The van der Waals surface area contributed by atoms with Crippen LogP contribution in [0.25, 0.3) is 0 Å². The third-order valence-electron chi connectivity index (χ3n) is 2.37. The molecule has 0 aliphatic rings. The Bertz CT molecular complexity index is 735. The van der Waals surface area contributed by atoms with Crippen LogP contribution in [0, 0.1) is 6.92 Å². The molecular weight excluding hydrogens is 302 g/mol. The maximum absolute atomic E-state index is 11.8. The summed E-state index contributed by atoms with van der Waals surface area (Å²) in [5.74, 6) is -0.849. The van der Waals surface area contributed by atoms with Gasteiger partial charge in [0.15, 0.2) is 0 Å². The van der Waals surface area contributed by atoms with Crippen molar-refractivity contribution in [1.29, 1.82) is 0 Å². The highest BCUT2D eigenvalue weighted by molar-refractivity contribution is 7.88. The molecule has 2 N–H and O–H groups in total. The highest BCUT2D eigenvalue weighted by Gasteiger charge is 2.15. The number of aromatic nitrogens is 4. The Kier molecular flexibility index (Phi) is 4.33. The molecule has 2 aromatic rings. The van der Waals surface area contributed by atoms with Crippen LogP contribution in [0.15, 0.2) is 16.8 Å². The first-order valence-corrected chi connectivity index (χ1v) is 7.49. The Labute approximate surface area is 119 Å². The maximum Gasteiger partial charge on any atom is 0.325 e. The Morgan fingerprint density at radius 3 is 2.86 bits per heavy atom. The molecule has 0 saturated carbocycles. The van der Waals surface area contributed by atoms with Crippen molar-refractivity contribution in [3.63, 3.8) is 0 Å². The molecule has 0 atom stereocenters. The largest absolute Gasteiger partial charge is 0.480 e. The van der Waals surface area contributed by atoms with Gasteiger partial charge >= 0.3 is 5.97 Å². The molecule has 0 fully saturated rings. The van der Waals surface area contributed by atoms with E-state index < -0.39 is 16.0 Å². The van der Waals surface area contributed by atoms with Crippen LogP contribution in [0.4, 0.5) is 0 Å². The molecule has 0 radical (unpaired) electrons. The number of aryl methyl sites for hydroxylation is 1. The van der Waals surface area contributed by atoms with Crippen LogP contribution in [0.5, 0.6) is 0 Å². The molecule has 0 aliphatic heterocycles. The van der Waals surface area contributed by atoms with Gasteiger partial charge < -0.3 is 9.63 Å². The second-order valence-electron chi connectivity index (χ2n) is 4.31. The average molecular weight is 315 g/mol. The lowest BCUT2D eigenvalue weighted by Crippen LogP contribution is -2.25. The predicted molar refractivity (Wildman–Crippen MR) is 68.4 cm³/mol. The van der Waals surface area contributed by atoms with E-state index in [1.807, 2.05) is 0 Å². The van der Waals surface area contributed by atoms with Gasteiger partial charge in [0.1, 0.15) is 23.8 Å². The van der Waals surface area contributed by atoms with Crippen LogP contribution in [0.1, 0.15) is 17.1 Å². The van der Waals surface area contributed by atoms with Crippen molar-refractivity contribution in [3.05, 3.63) is 29.4 Å². The zero-order valence-corrected chi connectivity index (χ0v) is 11.9. The van der Waals surface area contributed by atoms with Gasteiger partial charge in [-0.05, 0) is 6.92 Å². The van der Waals surface area contributed by atoms with Crippen LogP contribution in [0.3, 0.4) is 0 Å². The molecule has 2 aromatic heterocycles. The van der Waals surface area contributed by atoms with Gasteiger partial charge in [-0.2, -0.15) is 0 Å². The predicted octanol–water partition coefficient (Wildman–Crippen LogP) is -0.721. The quantitative estimate of drug-likeness (QED) is 0.682. The van der Waals surface area contributed by atoms with E-state index in [4.69, 9.17) is 9.63 Å². The van der Waals surface area contributed by atoms with Crippen molar-refractivity contribution in [1.82, 2.24) is 24.9 Å². The lowest BCUT2D eigenvalue weighted by atomic mass is 10.4. The summed E-state index contributed by atoms with van der Waals surface area (Å²) in [7, 11) is -3.60. The van der Waals surface area contributed by atoms with E-state index in [2.05, 4.69) is 20.2 Å². The zero-order chi connectivity index (χ0) is 15.5. The van der Waals surface area contributed by atoms with Crippen molar-refractivity contribution in [2.75, 3.05) is 0 Å². The number of nitrogens with one attached hydrogen (secondary N) is 1. The summed E-state index contributed by atoms with van der Waals surface area (Å²) >= 11 is 0. The standard InChI is InChI=1S/C10H13N5O5S/c1-7-2-8(13-20-7)6-21(18,19)11-3-9-4-15(14-12-9)5-10(16)17/h2,4,11H,3,5-6H2,1H3,(H,16,17). The highest BCUT2D eigenvalue weighted by atomic mass is 32.2. The molecular formula is C10H13N5O5S.